The minimum atomic E-state index is -4.45. The Bertz CT molecular complexity index is 1320. The van der Waals surface area contributed by atoms with Crippen molar-refractivity contribution in [3.05, 3.63) is 99.9 Å². The van der Waals surface area contributed by atoms with E-state index in [2.05, 4.69) is 0 Å². The second-order valence-corrected chi connectivity index (χ2v) is 7.53. The molecule has 0 radical (unpaired) electrons. The molecule has 0 unspecified atom stereocenters. The van der Waals surface area contributed by atoms with Crippen LogP contribution in [0.3, 0.4) is 0 Å². The number of benzene rings is 2. The first kappa shape index (κ1) is 22.0. The normalized spacial score (nSPS) is 11.9. The molecule has 32 heavy (non-hydrogen) atoms. The summed E-state index contributed by atoms with van der Waals surface area (Å²) in [5, 5.41) is 0.679. The van der Waals surface area contributed by atoms with Gasteiger partial charge < -0.3 is 8.83 Å². The van der Waals surface area contributed by atoms with Crippen molar-refractivity contribution < 1.29 is 26.8 Å². The third-order valence-electron chi connectivity index (χ3n) is 4.57. The molecule has 4 rings (SSSR count). The molecule has 0 spiro atoms. The Kier molecular flexibility index (Phi) is 6.00. The zero-order chi connectivity index (χ0) is 22.9. The molecule has 2 heterocycles. The molecule has 0 atom stereocenters. The fraction of sp³-hybridized carbons (Fsp3) is 0.0417. The van der Waals surface area contributed by atoms with Crippen LogP contribution in [-0.4, -0.2) is 5.78 Å². The summed E-state index contributed by atoms with van der Waals surface area (Å²) in [6.07, 6.45) is -1.79. The lowest BCUT2D eigenvalue weighted by atomic mass is 10.1. The summed E-state index contributed by atoms with van der Waals surface area (Å²) < 4.78 is 49.9. The number of ketones is 1. The Morgan fingerprint density at radius 2 is 1.62 bits per heavy atom. The fourth-order valence-corrected chi connectivity index (χ4v) is 3.39. The highest BCUT2D eigenvalue weighted by atomic mass is 35.5. The summed E-state index contributed by atoms with van der Waals surface area (Å²) >= 11 is 12.2. The first-order valence-electron chi connectivity index (χ1n) is 9.26. The summed E-state index contributed by atoms with van der Waals surface area (Å²) in [6.45, 7) is 0. The Balaban J connectivity index is 1.51. The van der Waals surface area contributed by atoms with Crippen molar-refractivity contribution in [2.24, 2.45) is 0 Å². The van der Waals surface area contributed by atoms with Gasteiger partial charge in [0.2, 0.25) is 5.78 Å². The van der Waals surface area contributed by atoms with E-state index in [4.69, 9.17) is 32.0 Å². The molecule has 2 aromatic heterocycles. The number of rotatable bonds is 5. The van der Waals surface area contributed by atoms with Crippen molar-refractivity contribution in [2.45, 2.75) is 6.18 Å². The molecular weight excluding hydrogens is 464 g/mol. The lowest BCUT2D eigenvalue weighted by Gasteiger charge is -2.07. The molecule has 0 aliphatic rings. The maximum atomic E-state index is 12.9. The lowest BCUT2D eigenvalue weighted by molar-refractivity contribution is -0.137. The number of hydrogen-bond donors (Lipinski definition) is 0. The second-order valence-electron chi connectivity index (χ2n) is 6.74. The first-order valence-corrected chi connectivity index (χ1v) is 10.0. The van der Waals surface area contributed by atoms with Crippen LogP contribution in [0.1, 0.15) is 21.9 Å². The first-order chi connectivity index (χ1) is 15.2. The molecule has 4 aromatic rings. The van der Waals surface area contributed by atoms with Crippen LogP contribution in [0.2, 0.25) is 10.0 Å². The van der Waals surface area contributed by atoms with Gasteiger partial charge in [0.15, 0.2) is 5.76 Å². The van der Waals surface area contributed by atoms with Gasteiger partial charge in [0.05, 0.1) is 15.6 Å². The van der Waals surface area contributed by atoms with Gasteiger partial charge in [0.25, 0.3) is 0 Å². The van der Waals surface area contributed by atoms with Crippen molar-refractivity contribution in [3.63, 3.8) is 0 Å². The third-order valence-corrected chi connectivity index (χ3v) is 5.38. The van der Waals surface area contributed by atoms with E-state index >= 15 is 0 Å². The molecule has 0 amide bonds. The highest BCUT2D eigenvalue weighted by molar-refractivity contribution is 6.43. The predicted octanol–water partition coefficient (Wildman–Crippen LogP) is 8.43. The molecule has 0 fully saturated rings. The van der Waals surface area contributed by atoms with Gasteiger partial charge in [-0.2, -0.15) is 13.2 Å². The summed E-state index contributed by atoms with van der Waals surface area (Å²) in [6, 6.07) is 16.1. The van der Waals surface area contributed by atoms with Gasteiger partial charge in [0, 0.05) is 11.1 Å². The fourth-order valence-electron chi connectivity index (χ4n) is 3.00. The van der Waals surface area contributed by atoms with Gasteiger partial charge in [0.1, 0.15) is 17.3 Å². The van der Waals surface area contributed by atoms with Crippen molar-refractivity contribution in [2.75, 3.05) is 0 Å². The quantitative estimate of drug-likeness (QED) is 0.214. The van der Waals surface area contributed by atoms with Crippen molar-refractivity contribution in [1.82, 2.24) is 0 Å². The molecule has 0 saturated heterocycles. The van der Waals surface area contributed by atoms with Crippen LogP contribution in [0.15, 0.2) is 81.6 Å². The monoisotopic (exact) mass is 476 g/mol. The Hall–Kier alpha value is -3.22. The molecule has 8 heteroatoms. The lowest BCUT2D eigenvalue weighted by Crippen LogP contribution is -2.04. The Morgan fingerprint density at radius 3 is 2.41 bits per heavy atom. The number of alkyl halides is 3. The molecule has 2 aromatic carbocycles. The van der Waals surface area contributed by atoms with Gasteiger partial charge in [-0.3, -0.25) is 4.79 Å². The van der Waals surface area contributed by atoms with E-state index in [0.717, 1.165) is 12.1 Å². The summed E-state index contributed by atoms with van der Waals surface area (Å²) in [5.74, 6) is 0.594. The zero-order valence-corrected chi connectivity index (χ0v) is 17.6. The van der Waals surface area contributed by atoms with Gasteiger partial charge in [-0.05, 0) is 60.7 Å². The van der Waals surface area contributed by atoms with E-state index in [1.54, 1.807) is 30.3 Å². The van der Waals surface area contributed by atoms with Crippen LogP contribution >= 0.6 is 23.2 Å². The predicted molar refractivity (Wildman–Crippen MR) is 117 cm³/mol. The van der Waals surface area contributed by atoms with Crippen LogP contribution in [0, 0.1) is 0 Å². The van der Waals surface area contributed by atoms with E-state index in [9.17, 15) is 18.0 Å². The van der Waals surface area contributed by atoms with E-state index in [-0.39, 0.29) is 17.1 Å². The summed E-state index contributed by atoms with van der Waals surface area (Å²) in [5.41, 5.74) is 0.0611. The zero-order valence-electron chi connectivity index (χ0n) is 16.1. The molecule has 162 valence electrons. The number of carbonyl (C=O) groups excluding carboxylic acids is 1. The smallest absolute Gasteiger partial charge is 0.416 e. The highest BCUT2D eigenvalue weighted by Crippen LogP contribution is 2.35. The minimum absolute atomic E-state index is 0.0805. The SMILES string of the molecule is O=C(C=Cc1ccc(-c2cccc(C(F)(F)F)c2)o1)c1ccc(-c2cccc(Cl)c2Cl)o1. The number of furan rings is 2. The van der Waals surface area contributed by atoms with E-state index in [1.807, 2.05) is 0 Å². The van der Waals surface area contributed by atoms with Crippen LogP contribution in [-0.2, 0) is 6.18 Å². The van der Waals surface area contributed by atoms with Gasteiger partial charge in [-0.15, -0.1) is 0 Å². The second kappa shape index (κ2) is 8.73. The van der Waals surface area contributed by atoms with Gasteiger partial charge in [-0.25, -0.2) is 0 Å². The van der Waals surface area contributed by atoms with E-state index < -0.39 is 17.5 Å². The van der Waals surface area contributed by atoms with Crippen molar-refractivity contribution in [3.8, 4) is 22.6 Å². The van der Waals surface area contributed by atoms with Gasteiger partial charge >= 0.3 is 6.18 Å². The molecule has 0 aliphatic heterocycles. The van der Waals surface area contributed by atoms with Gasteiger partial charge in [-0.1, -0.05) is 41.4 Å². The maximum absolute atomic E-state index is 12.9. The largest absolute Gasteiger partial charge is 0.457 e. The number of allylic oxidation sites excluding steroid dienone is 1. The summed E-state index contributed by atoms with van der Waals surface area (Å²) in [4.78, 5) is 12.4. The van der Waals surface area contributed by atoms with Crippen molar-refractivity contribution >= 4 is 35.1 Å². The maximum Gasteiger partial charge on any atom is 0.416 e. The molecule has 0 bridgehead atoms. The molecule has 0 saturated carbocycles. The average molecular weight is 477 g/mol. The topological polar surface area (TPSA) is 43.4 Å². The van der Waals surface area contributed by atoms with Crippen LogP contribution < -0.4 is 0 Å². The molecule has 3 nitrogen and oxygen atoms in total. The van der Waals surface area contributed by atoms with Crippen molar-refractivity contribution in [1.29, 1.82) is 0 Å². The average Bonchev–Trinajstić information content (AvgIpc) is 3.44. The standard InChI is InChI=1S/C24H13Cl2F3O3/c25-18-6-2-5-17(23(18)26)21-11-12-22(32-21)19(30)9-7-16-8-10-20(31-16)14-3-1-4-15(13-14)24(27,28)29/h1-13H. The number of hydrogen-bond acceptors (Lipinski definition) is 3. The van der Waals surface area contributed by atoms with Crippen LogP contribution in [0.4, 0.5) is 13.2 Å². The molecule has 0 aliphatic carbocycles. The van der Waals surface area contributed by atoms with Crippen LogP contribution in [0.25, 0.3) is 28.7 Å². The Morgan fingerprint density at radius 1 is 0.875 bits per heavy atom. The third kappa shape index (κ3) is 4.66. The molecule has 0 N–H and O–H groups in total. The minimum Gasteiger partial charge on any atom is -0.457 e. The van der Waals surface area contributed by atoms with E-state index in [1.165, 1.54) is 36.4 Å². The highest BCUT2D eigenvalue weighted by Gasteiger charge is 2.30. The number of carbonyl (C=O) groups is 1. The number of halogens is 5. The molecular formula is C24H13Cl2F3O3. The van der Waals surface area contributed by atoms with E-state index in [0.29, 0.717) is 27.1 Å². The van der Waals surface area contributed by atoms with Crippen LogP contribution in [0.5, 0.6) is 0 Å². The Labute approximate surface area is 190 Å². The summed E-state index contributed by atoms with van der Waals surface area (Å²) in [7, 11) is 0.